The molecule has 2 N–H and O–H groups in total. The standard InChI is InChI=1S/C20H30O4/c1-2-3-13-16-19(24-23)17-14-11-9-7-5-4-6-8-10-12-15-18-20(21)22/h3-5,8-11,13-14,17,19,23H,2,6-7,12,15-16,18H2,1H3,(H,21,22)/b5-4-,10-8-,11-9+,13-3+,17-14+/t19-/m0/s1. The summed E-state index contributed by atoms with van der Waals surface area (Å²) in [6.07, 6.45) is 24.7. The van der Waals surface area contributed by atoms with Crippen molar-refractivity contribution in [1.29, 1.82) is 0 Å². The van der Waals surface area contributed by atoms with Crippen molar-refractivity contribution in [1.82, 2.24) is 0 Å². The Morgan fingerprint density at radius 1 is 1.00 bits per heavy atom. The molecule has 0 aliphatic heterocycles. The minimum absolute atomic E-state index is 0.232. The molecule has 4 heteroatoms. The average molecular weight is 334 g/mol. The Hall–Kier alpha value is -1.91. The number of carboxylic acids is 1. The maximum Gasteiger partial charge on any atom is 0.303 e. The van der Waals surface area contributed by atoms with E-state index < -0.39 is 5.97 Å². The number of hydrogen-bond donors (Lipinski definition) is 2. The van der Waals surface area contributed by atoms with Crippen LogP contribution in [0.1, 0.15) is 51.9 Å². The van der Waals surface area contributed by atoms with Gasteiger partial charge in [-0.1, -0.05) is 67.7 Å². The lowest BCUT2D eigenvalue weighted by molar-refractivity contribution is -0.264. The smallest absolute Gasteiger partial charge is 0.303 e. The first-order valence-corrected chi connectivity index (χ1v) is 8.51. The summed E-state index contributed by atoms with van der Waals surface area (Å²) in [6.45, 7) is 2.06. The summed E-state index contributed by atoms with van der Waals surface area (Å²) in [5, 5.41) is 17.3. The van der Waals surface area contributed by atoms with Crippen molar-refractivity contribution in [2.45, 2.75) is 58.0 Å². The van der Waals surface area contributed by atoms with E-state index in [1.807, 2.05) is 42.5 Å². The van der Waals surface area contributed by atoms with Gasteiger partial charge in [-0.15, -0.1) is 0 Å². The Morgan fingerprint density at radius 2 is 1.71 bits per heavy atom. The third kappa shape index (κ3) is 16.5. The molecule has 0 radical (unpaired) electrons. The molecule has 0 rings (SSSR count). The molecule has 0 aliphatic carbocycles. The van der Waals surface area contributed by atoms with Crippen LogP contribution in [0.5, 0.6) is 0 Å². The monoisotopic (exact) mass is 334 g/mol. The molecule has 0 saturated heterocycles. The number of rotatable bonds is 14. The van der Waals surface area contributed by atoms with Crippen molar-refractivity contribution < 1.29 is 20.0 Å². The van der Waals surface area contributed by atoms with Gasteiger partial charge in [0.1, 0.15) is 6.10 Å². The highest BCUT2D eigenvalue weighted by Crippen LogP contribution is 2.02. The number of aliphatic carboxylic acids is 1. The number of hydrogen-bond acceptors (Lipinski definition) is 3. The summed E-state index contributed by atoms with van der Waals surface area (Å²) in [5.41, 5.74) is 0. The van der Waals surface area contributed by atoms with E-state index in [-0.39, 0.29) is 12.5 Å². The van der Waals surface area contributed by atoms with E-state index in [0.29, 0.717) is 12.8 Å². The van der Waals surface area contributed by atoms with Crippen LogP contribution in [0.25, 0.3) is 0 Å². The van der Waals surface area contributed by atoms with Crippen LogP contribution in [0, 0.1) is 0 Å². The van der Waals surface area contributed by atoms with Crippen LogP contribution < -0.4 is 0 Å². The van der Waals surface area contributed by atoms with Gasteiger partial charge >= 0.3 is 5.97 Å². The fourth-order valence-electron chi connectivity index (χ4n) is 1.83. The lowest BCUT2D eigenvalue weighted by atomic mass is 10.2. The second kappa shape index (κ2) is 17.4. The third-order valence-electron chi connectivity index (χ3n) is 3.12. The summed E-state index contributed by atoms with van der Waals surface area (Å²) in [5.74, 6) is -0.738. The van der Waals surface area contributed by atoms with Crippen LogP contribution in [-0.4, -0.2) is 22.4 Å². The summed E-state index contributed by atoms with van der Waals surface area (Å²) in [4.78, 5) is 14.7. The molecule has 0 heterocycles. The molecule has 0 bridgehead atoms. The van der Waals surface area contributed by atoms with Crippen LogP contribution in [0.2, 0.25) is 0 Å². The highest BCUT2D eigenvalue weighted by Gasteiger charge is 1.99. The van der Waals surface area contributed by atoms with E-state index >= 15 is 0 Å². The van der Waals surface area contributed by atoms with E-state index in [1.54, 1.807) is 0 Å². The quantitative estimate of drug-likeness (QED) is 0.145. The van der Waals surface area contributed by atoms with Crippen molar-refractivity contribution in [2.75, 3.05) is 0 Å². The van der Waals surface area contributed by atoms with Crippen molar-refractivity contribution in [2.24, 2.45) is 0 Å². The lowest BCUT2D eigenvalue weighted by Gasteiger charge is -2.03. The summed E-state index contributed by atoms with van der Waals surface area (Å²) in [7, 11) is 0. The van der Waals surface area contributed by atoms with Gasteiger partial charge in [-0.3, -0.25) is 10.1 Å². The van der Waals surface area contributed by atoms with E-state index in [2.05, 4.69) is 30.0 Å². The molecule has 0 fully saturated rings. The van der Waals surface area contributed by atoms with Crippen molar-refractivity contribution >= 4 is 5.97 Å². The van der Waals surface area contributed by atoms with Gasteiger partial charge in [0.25, 0.3) is 0 Å². The molecule has 0 unspecified atom stereocenters. The molecule has 0 aromatic carbocycles. The fourth-order valence-corrected chi connectivity index (χ4v) is 1.83. The molecule has 0 saturated carbocycles. The Labute approximate surface area is 145 Å². The molecule has 24 heavy (non-hydrogen) atoms. The van der Waals surface area contributed by atoms with Gasteiger partial charge in [0.05, 0.1) is 0 Å². The molecular formula is C20H30O4. The molecule has 0 amide bonds. The normalized spacial score (nSPS) is 14.1. The summed E-state index contributed by atoms with van der Waals surface area (Å²) in [6, 6.07) is 0. The number of carbonyl (C=O) groups is 1. The zero-order chi connectivity index (χ0) is 17.9. The largest absolute Gasteiger partial charge is 0.481 e. The second-order valence-electron chi connectivity index (χ2n) is 5.27. The molecule has 0 aromatic heterocycles. The Bertz CT molecular complexity index is 445. The van der Waals surface area contributed by atoms with Gasteiger partial charge in [0.15, 0.2) is 0 Å². The van der Waals surface area contributed by atoms with Gasteiger partial charge in [-0.2, -0.15) is 0 Å². The first-order chi connectivity index (χ1) is 11.7. The number of unbranched alkanes of at least 4 members (excludes halogenated alkanes) is 1. The van der Waals surface area contributed by atoms with Gasteiger partial charge < -0.3 is 5.11 Å². The molecule has 0 aromatic rings. The van der Waals surface area contributed by atoms with E-state index in [1.165, 1.54) is 0 Å². The first-order valence-electron chi connectivity index (χ1n) is 8.51. The zero-order valence-electron chi connectivity index (χ0n) is 14.5. The van der Waals surface area contributed by atoms with Crippen LogP contribution in [-0.2, 0) is 9.68 Å². The fraction of sp³-hybridized carbons (Fsp3) is 0.450. The topological polar surface area (TPSA) is 66.8 Å². The molecular weight excluding hydrogens is 304 g/mol. The summed E-state index contributed by atoms with van der Waals surface area (Å²) < 4.78 is 0. The Balaban J connectivity index is 3.75. The van der Waals surface area contributed by atoms with Crippen molar-refractivity contribution in [3.05, 3.63) is 60.8 Å². The highest BCUT2D eigenvalue weighted by atomic mass is 17.1. The van der Waals surface area contributed by atoms with Crippen molar-refractivity contribution in [3.8, 4) is 0 Å². The molecule has 0 spiro atoms. The van der Waals surface area contributed by atoms with Crippen LogP contribution >= 0.6 is 0 Å². The lowest BCUT2D eigenvalue weighted by Crippen LogP contribution is -2.04. The van der Waals surface area contributed by atoms with Crippen LogP contribution in [0.4, 0.5) is 0 Å². The Kier molecular flexibility index (Phi) is 16.1. The maximum absolute atomic E-state index is 10.3. The second-order valence-corrected chi connectivity index (χ2v) is 5.27. The van der Waals surface area contributed by atoms with Gasteiger partial charge in [0, 0.05) is 6.42 Å². The van der Waals surface area contributed by atoms with Crippen molar-refractivity contribution in [3.63, 3.8) is 0 Å². The van der Waals surface area contributed by atoms with E-state index in [4.69, 9.17) is 10.4 Å². The predicted molar refractivity (Wildman–Crippen MR) is 98.8 cm³/mol. The molecule has 1 atom stereocenters. The minimum atomic E-state index is -0.738. The average Bonchev–Trinajstić information content (AvgIpc) is 2.57. The van der Waals surface area contributed by atoms with E-state index in [0.717, 1.165) is 25.7 Å². The SMILES string of the molecule is CC/C=C/C[C@@H](/C=C/C=C/C/C=C\C/C=C\CCCC(=O)O)OO. The first kappa shape index (κ1) is 22.1. The minimum Gasteiger partial charge on any atom is -0.481 e. The molecule has 0 aliphatic rings. The highest BCUT2D eigenvalue weighted by molar-refractivity contribution is 5.66. The predicted octanol–water partition coefficient (Wildman–Crippen LogP) is 5.46. The number of allylic oxidation sites excluding steroid dienone is 8. The van der Waals surface area contributed by atoms with Gasteiger partial charge in [-0.05, 0) is 38.5 Å². The van der Waals surface area contributed by atoms with Gasteiger partial charge in [-0.25, -0.2) is 4.89 Å². The summed E-state index contributed by atoms with van der Waals surface area (Å²) >= 11 is 0. The Morgan fingerprint density at radius 3 is 2.38 bits per heavy atom. The maximum atomic E-state index is 10.3. The number of carboxylic acid groups (broad SMARTS) is 1. The molecule has 134 valence electrons. The third-order valence-corrected chi connectivity index (χ3v) is 3.12. The van der Waals surface area contributed by atoms with E-state index in [9.17, 15) is 4.79 Å². The van der Waals surface area contributed by atoms with Crippen LogP contribution in [0.3, 0.4) is 0 Å². The molecule has 4 nitrogen and oxygen atoms in total. The zero-order valence-corrected chi connectivity index (χ0v) is 14.5. The van der Waals surface area contributed by atoms with Crippen LogP contribution in [0.15, 0.2) is 60.8 Å². The van der Waals surface area contributed by atoms with Gasteiger partial charge in [0.2, 0.25) is 0 Å².